The maximum absolute atomic E-state index is 12.9. The molecule has 0 saturated carbocycles. The van der Waals surface area contributed by atoms with E-state index in [0.717, 1.165) is 38.0 Å². The Balaban J connectivity index is 1.29. The van der Waals surface area contributed by atoms with Crippen molar-refractivity contribution in [2.75, 3.05) is 36.4 Å². The van der Waals surface area contributed by atoms with Gasteiger partial charge in [-0.25, -0.2) is 0 Å². The zero-order chi connectivity index (χ0) is 22.2. The number of nitrogens with zero attached hydrogens (tertiary/aromatic N) is 3. The highest BCUT2D eigenvalue weighted by Gasteiger charge is 2.25. The van der Waals surface area contributed by atoms with Crippen LogP contribution in [0.25, 0.3) is 0 Å². The van der Waals surface area contributed by atoms with Gasteiger partial charge in [0.2, 0.25) is 0 Å². The van der Waals surface area contributed by atoms with E-state index in [-0.39, 0.29) is 11.5 Å². The normalized spacial score (nSPS) is 17.7. The number of rotatable bonds is 6. The van der Waals surface area contributed by atoms with Crippen molar-refractivity contribution in [3.05, 3.63) is 71.9 Å². The highest BCUT2D eigenvalue weighted by atomic mass is 16.2. The number of hydrogen-bond acceptors (Lipinski definition) is 4. The lowest BCUT2D eigenvalue weighted by Crippen LogP contribution is -2.39. The number of piperidine rings is 2. The molecule has 4 rings (SSSR count). The fourth-order valence-corrected chi connectivity index (χ4v) is 4.68. The summed E-state index contributed by atoms with van der Waals surface area (Å²) in [6, 6.07) is 20.8. The SMILES string of the molecule is N#C/C(=C/Nc1ccc(N2CCCCC2)cc1)C(=O)N1CCC(Cc2ccccc2)CC1. The molecule has 2 fully saturated rings. The van der Waals surface area contributed by atoms with Gasteiger partial charge in [0, 0.05) is 43.8 Å². The molecule has 0 radical (unpaired) electrons. The molecule has 0 atom stereocenters. The first-order valence-electron chi connectivity index (χ1n) is 11.8. The van der Waals surface area contributed by atoms with E-state index in [4.69, 9.17) is 0 Å². The highest BCUT2D eigenvalue weighted by Crippen LogP contribution is 2.24. The topological polar surface area (TPSA) is 59.4 Å². The first-order valence-corrected chi connectivity index (χ1v) is 11.8. The summed E-state index contributed by atoms with van der Waals surface area (Å²) in [5, 5.41) is 12.7. The molecule has 2 aliphatic rings. The van der Waals surface area contributed by atoms with Crippen molar-refractivity contribution in [3.8, 4) is 6.07 Å². The van der Waals surface area contributed by atoms with E-state index in [0.29, 0.717) is 19.0 Å². The van der Waals surface area contributed by atoms with Gasteiger partial charge in [-0.1, -0.05) is 30.3 Å². The molecule has 0 spiro atoms. The molecule has 0 bridgehead atoms. The molecule has 2 saturated heterocycles. The number of anilines is 2. The molecule has 166 valence electrons. The molecule has 1 N–H and O–H groups in total. The Labute approximate surface area is 191 Å². The molecule has 0 aliphatic carbocycles. The number of carbonyl (C=O) groups excluding carboxylic acids is 1. The lowest BCUT2D eigenvalue weighted by molar-refractivity contribution is -0.128. The molecular formula is C27H32N4O. The van der Waals surface area contributed by atoms with E-state index >= 15 is 0 Å². The highest BCUT2D eigenvalue weighted by molar-refractivity contribution is 5.97. The Bertz CT molecular complexity index is 947. The third-order valence-electron chi connectivity index (χ3n) is 6.59. The number of nitrogens with one attached hydrogen (secondary N) is 1. The summed E-state index contributed by atoms with van der Waals surface area (Å²) in [5.41, 5.74) is 3.62. The summed E-state index contributed by atoms with van der Waals surface area (Å²) in [6.07, 6.45) is 8.37. The van der Waals surface area contributed by atoms with E-state index in [2.05, 4.69) is 52.7 Å². The van der Waals surface area contributed by atoms with Gasteiger partial charge in [-0.3, -0.25) is 4.79 Å². The summed E-state index contributed by atoms with van der Waals surface area (Å²) in [4.78, 5) is 17.1. The van der Waals surface area contributed by atoms with Gasteiger partial charge in [0.05, 0.1) is 0 Å². The summed E-state index contributed by atoms with van der Waals surface area (Å²) in [6.45, 7) is 3.64. The summed E-state index contributed by atoms with van der Waals surface area (Å²) < 4.78 is 0. The van der Waals surface area contributed by atoms with Gasteiger partial charge in [0.25, 0.3) is 5.91 Å². The van der Waals surface area contributed by atoms with Gasteiger partial charge in [-0.15, -0.1) is 0 Å². The standard InChI is InChI=1S/C27H32N4O/c28-20-24(21-29-25-9-11-26(12-10-25)30-15-5-2-6-16-30)27(32)31-17-13-23(14-18-31)19-22-7-3-1-4-8-22/h1,3-4,7-12,21,23,29H,2,5-6,13-19H2/b24-21-. The van der Waals surface area contributed by atoms with Crippen molar-refractivity contribution in [1.82, 2.24) is 4.90 Å². The van der Waals surface area contributed by atoms with Crippen LogP contribution in [0.1, 0.15) is 37.7 Å². The summed E-state index contributed by atoms with van der Waals surface area (Å²) in [7, 11) is 0. The van der Waals surface area contributed by atoms with Crippen molar-refractivity contribution in [3.63, 3.8) is 0 Å². The minimum absolute atomic E-state index is 0.159. The molecule has 0 aromatic heterocycles. The predicted molar refractivity (Wildman–Crippen MR) is 129 cm³/mol. The number of nitriles is 1. The number of likely N-dealkylation sites (tertiary alicyclic amines) is 1. The second-order valence-corrected chi connectivity index (χ2v) is 8.83. The van der Waals surface area contributed by atoms with Crippen LogP contribution in [0.15, 0.2) is 66.4 Å². The van der Waals surface area contributed by atoms with Crippen LogP contribution >= 0.6 is 0 Å². The zero-order valence-corrected chi connectivity index (χ0v) is 18.7. The molecule has 2 heterocycles. The summed E-state index contributed by atoms with van der Waals surface area (Å²) >= 11 is 0. The van der Waals surface area contributed by atoms with Gasteiger partial charge < -0.3 is 15.1 Å². The largest absolute Gasteiger partial charge is 0.372 e. The van der Waals surface area contributed by atoms with Gasteiger partial charge in [-0.2, -0.15) is 5.26 Å². The van der Waals surface area contributed by atoms with Crippen molar-refractivity contribution in [2.45, 2.75) is 38.5 Å². The fraction of sp³-hybridized carbons (Fsp3) is 0.407. The minimum atomic E-state index is -0.178. The average molecular weight is 429 g/mol. The van der Waals surface area contributed by atoms with Crippen LogP contribution in [0.3, 0.4) is 0 Å². The maximum Gasteiger partial charge on any atom is 0.266 e. The van der Waals surface area contributed by atoms with Gasteiger partial charge in [0.15, 0.2) is 0 Å². The van der Waals surface area contributed by atoms with Gasteiger partial charge >= 0.3 is 0 Å². The average Bonchev–Trinajstić information content (AvgIpc) is 2.86. The Morgan fingerprint density at radius 2 is 1.66 bits per heavy atom. The molecule has 2 aromatic rings. The number of carbonyl (C=O) groups is 1. The lowest BCUT2D eigenvalue weighted by Gasteiger charge is -2.32. The van der Waals surface area contributed by atoms with E-state index in [1.807, 2.05) is 23.1 Å². The van der Waals surface area contributed by atoms with E-state index in [1.54, 1.807) is 6.20 Å². The van der Waals surface area contributed by atoms with Crippen molar-refractivity contribution >= 4 is 17.3 Å². The van der Waals surface area contributed by atoms with Crippen LogP contribution in [0, 0.1) is 17.2 Å². The summed E-state index contributed by atoms with van der Waals surface area (Å²) in [5.74, 6) is 0.413. The molecule has 5 nitrogen and oxygen atoms in total. The Morgan fingerprint density at radius 3 is 2.31 bits per heavy atom. The number of hydrogen-bond donors (Lipinski definition) is 1. The van der Waals surface area contributed by atoms with Crippen LogP contribution in [-0.4, -0.2) is 37.0 Å². The Kier molecular flexibility index (Phi) is 7.45. The lowest BCUT2D eigenvalue weighted by atomic mass is 9.90. The van der Waals surface area contributed by atoms with Crippen LogP contribution in [0.2, 0.25) is 0 Å². The van der Waals surface area contributed by atoms with Crippen LogP contribution in [0.4, 0.5) is 11.4 Å². The second kappa shape index (κ2) is 10.9. The molecule has 5 heteroatoms. The predicted octanol–water partition coefficient (Wildman–Crippen LogP) is 4.98. The quantitative estimate of drug-likeness (QED) is 0.521. The molecule has 1 amide bonds. The van der Waals surface area contributed by atoms with E-state index in [1.165, 1.54) is 30.5 Å². The molecule has 2 aromatic carbocycles. The van der Waals surface area contributed by atoms with E-state index < -0.39 is 0 Å². The number of benzene rings is 2. The van der Waals surface area contributed by atoms with Crippen LogP contribution in [0.5, 0.6) is 0 Å². The first-order chi connectivity index (χ1) is 15.7. The van der Waals surface area contributed by atoms with Crippen LogP contribution in [-0.2, 0) is 11.2 Å². The minimum Gasteiger partial charge on any atom is -0.372 e. The zero-order valence-electron chi connectivity index (χ0n) is 18.7. The monoisotopic (exact) mass is 428 g/mol. The van der Waals surface area contributed by atoms with Gasteiger partial charge in [0.1, 0.15) is 11.6 Å². The third-order valence-corrected chi connectivity index (χ3v) is 6.59. The van der Waals surface area contributed by atoms with Crippen molar-refractivity contribution < 1.29 is 4.79 Å². The molecular weight excluding hydrogens is 396 g/mol. The number of amides is 1. The Hall–Kier alpha value is -3.26. The van der Waals surface area contributed by atoms with Crippen molar-refractivity contribution in [2.24, 2.45) is 5.92 Å². The third kappa shape index (κ3) is 5.70. The fourth-order valence-electron chi connectivity index (χ4n) is 4.68. The molecule has 32 heavy (non-hydrogen) atoms. The second-order valence-electron chi connectivity index (χ2n) is 8.83. The molecule has 0 unspecified atom stereocenters. The van der Waals surface area contributed by atoms with E-state index in [9.17, 15) is 10.1 Å². The molecule has 2 aliphatic heterocycles. The van der Waals surface area contributed by atoms with Crippen molar-refractivity contribution in [1.29, 1.82) is 5.26 Å². The van der Waals surface area contributed by atoms with Gasteiger partial charge in [-0.05, 0) is 74.3 Å². The first kappa shape index (κ1) is 22.0. The Morgan fingerprint density at radius 1 is 0.969 bits per heavy atom. The van der Waals surface area contributed by atoms with Crippen LogP contribution < -0.4 is 10.2 Å². The maximum atomic E-state index is 12.9. The smallest absolute Gasteiger partial charge is 0.266 e.